The predicted molar refractivity (Wildman–Crippen MR) is 80.5 cm³/mol. The third-order valence-corrected chi connectivity index (χ3v) is 3.64. The summed E-state index contributed by atoms with van der Waals surface area (Å²) in [6.45, 7) is 5.83. The largest absolute Gasteiger partial charge is 0.401 e. The van der Waals surface area contributed by atoms with E-state index in [1.807, 2.05) is 24.3 Å². The molecule has 0 amide bonds. The van der Waals surface area contributed by atoms with Gasteiger partial charge in [0, 0.05) is 12.6 Å². The summed E-state index contributed by atoms with van der Waals surface area (Å²) in [6.07, 6.45) is -4.16. The van der Waals surface area contributed by atoms with E-state index in [1.54, 1.807) is 14.0 Å². The Labute approximate surface area is 125 Å². The fourth-order valence-electron chi connectivity index (χ4n) is 2.29. The van der Waals surface area contributed by atoms with Gasteiger partial charge < -0.3 is 5.32 Å². The Balaban J connectivity index is 2.77. The molecule has 0 aliphatic rings. The molecule has 0 saturated carbocycles. The molecule has 1 atom stereocenters. The normalized spacial score (nSPS) is 14.0. The first kappa shape index (κ1) is 18.0. The van der Waals surface area contributed by atoms with E-state index in [4.69, 9.17) is 0 Å². The van der Waals surface area contributed by atoms with Crippen molar-refractivity contribution in [2.75, 3.05) is 26.7 Å². The molecule has 1 N–H and O–H groups in total. The summed E-state index contributed by atoms with van der Waals surface area (Å²) in [4.78, 5) is 1.41. The van der Waals surface area contributed by atoms with Gasteiger partial charge in [0.2, 0.25) is 0 Å². The average molecular weight is 302 g/mol. The lowest BCUT2D eigenvalue weighted by molar-refractivity contribution is -0.146. The summed E-state index contributed by atoms with van der Waals surface area (Å²) in [6, 6.07) is 7.98. The highest BCUT2D eigenvalue weighted by Gasteiger charge is 2.31. The third kappa shape index (κ3) is 6.06. The van der Waals surface area contributed by atoms with Gasteiger partial charge in [-0.1, -0.05) is 45.0 Å². The lowest BCUT2D eigenvalue weighted by atomic mass is 9.99. The van der Waals surface area contributed by atoms with Crippen LogP contribution in [0.1, 0.15) is 43.9 Å². The van der Waals surface area contributed by atoms with Crippen molar-refractivity contribution in [1.29, 1.82) is 0 Å². The molecular weight excluding hydrogens is 277 g/mol. The van der Waals surface area contributed by atoms with Crippen molar-refractivity contribution in [2.24, 2.45) is 0 Å². The molecule has 0 fully saturated rings. The van der Waals surface area contributed by atoms with Gasteiger partial charge in [0.1, 0.15) is 0 Å². The van der Waals surface area contributed by atoms with Crippen molar-refractivity contribution >= 4 is 0 Å². The number of likely N-dealkylation sites (N-methyl/N-ethyl adjacent to an activating group) is 2. The van der Waals surface area contributed by atoms with Gasteiger partial charge in [-0.2, -0.15) is 13.2 Å². The lowest BCUT2D eigenvalue weighted by Gasteiger charge is -2.27. The Morgan fingerprint density at radius 2 is 1.62 bits per heavy atom. The molecule has 0 aliphatic heterocycles. The minimum Gasteiger partial charge on any atom is -0.312 e. The Kier molecular flexibility index (Phi) is 6.68. The van der Waals surface area contributed by atoms with Gasteiger partial charge in [0.15, 0.2) is 0 Å². The van der Waals surface area contributed by atoms with Gasteiger partial charge in [-0.15, -0.1) is 0 Å². The van der Waals surface area contributed by atoms with E-state index in [1.165, 1.54) is 10.5 Å². The zero-order chi connectivity index (χ0) is 16.0. The maximum absolute atomic E-state index is 12.5. The molecular formula is C16H25F3N2. The number of nitrogens with one attached hydrogen (secondary N) is 1. The second kappa shape index (κ2) is 7.80. The van der Waals surface area contributed by atoms with Gasteiger partial charge in [0.05, 0.1) is 6.54 Å². The molecule has 21 heavy (non-hydrogen) atoms. The maximum atomic E-state index is 12.5. The molecule has 0 aromatic heterocycles. The molecule has 0 bridgehead atoms. The third-order valence-electron chi connectivity index (χ3n) is 3.64. The molecule has 0 heterocycles. The first-order valence-corrected chi connectivity index (χ1v) is 7.33. The summed E-state index contributed by atoms with van der Waals surface area (Å²) in [7, 11) is 1.78. The van der Waals surface area contributed by atoms with Crippen LogP contribution < -0.4 is 5.32 Å². The average Bonchev–Trinajstić information content (AvgIpc) is 2.42. The number of alkyl halides is 3. The van der Waals surface area contributed by atoms with Crippen molar-refractivity contribution in [1.82, 2.24) is 10.2 Å². The van der Waals surface area contributed by atoms with Crippen LogP contribution in [0.4, 0.5) is 13.2 Å². The molecule has 0 saturated heterocycles. The SMILES string of the molecule is CCN(CC(NC)c1ccc(C(C)C)cc1)CC(F)(F)F. The number of halogens is 3. The summed E-state index contributed by atoms with van der Waals surface area (Å²) >= 11 is 0. The zero-order valence-corrected chi connectivity index (χ0v) is 13.2. The lowest BCUT2D eigenvalue weighted by Crippen LogP contribution is -2.39. The standard InChI is InChI=1S/C16H25F3N2/c1-5-21(11-16(17,18)19)10-15(20-4)14-8-6-13(7-9-14)12(2)3/h6-9,12,15,20H,5,10-11H2,1-4H3. The van der Waals surface area contributed by atoms with Crippen LogP contribution in [0.3, 0.4) is 0 Å². The van der Waals surface area contributed by atoms with Crippen LogP contribution in [0, 0.1) is 0 Å². The fraction of sp³-hybridized carbons (Fsp3) is 0.625. The Morgan fingerprint density at radius 1 is 1.10 bits per heavy atom. The van der Waals surface area contributed by atoms with E-state index >= 15 is 0 Å². The monoisotopic (exact) mass is 302 g/mol. The smallest absolute Gasteiger partial charge is 0.312 e. The van der Waals surface area contributed by atoms with E-state index < -0.39 is 12.7 Å². The van der Waals surface area contributed by atoms with Gasteiger partial charge >= 0.3 is 6.18 Å². The first-order chi connectivity index (χ1) is 9.76. The van der Waals surface area contributed by atoms with E-state index in [0.29, 0.717) is 19.0 Å². The number of hydrogen-bond donors (Lipinski definition) is 1. The topological polar surface area (TPSA) is 15.3 Å². The van der Waals surface area contributed by atoms with Crippen molar-refractivity contribution in [3.63, 3.8) is 0 Å². The number of hydrogen-bond acceptors (Lipinski definition) is 2. The van der Waals surface area contributed by atoms with Crippen LogP contribution in [-0.4, -0.2) is 37.8 Å². The number of nitrogens with zero attached hydrogens (tertiary/aromatic N) is 1. The van der Waals surface area contributed by atoms with Crippen LogP contribution in [0.5, 0.6) is 0 Å². The Morgan fingerprint density at radius 3 is 2.00 bits per heavy atom. The molecule has 0 spiro atoms. The van der Waals surface area contributed by atoms with Crippen molar-refractivity contribution in [3.05, 3.63) is 35.4 Å². The molecule has 120 valence electrons. The Hall–Kier alpha value is -1.07. The molecule has 0 radical (unpaired) electrons. The zero-order valence-electron chi connectivity index (χ0n) is 13.2. The molecule has 5 heteroatoms. The molecule has 2 nitrogen and oxygen atoms in total. The van der Waals surface area contributed by atoms with Gasteiger partial charge in [-0.3, -0.25) is 4.90 Å². The summed E-state index contributed by atoms with van der Waals surface area (Å²) < 4.78 is 37.6. The van der Waals surface area contributed by atoms with Crippen LogP contribution in [0.2, 0.25) is 0 Å². The highest BCUT2D eigenvalue weighted by atomic mass is 19.4. The summed E-state index contributed by atoms with van der Waals surface area (Å²) in [5, 5.41) is 3.11. The molecule has 0 aliphatic carbocycles. The molecule has 1 aromatic carbocycles. The van der Waals surface area contributed by atoms with E-state index in [9.17, 15) is 13.2 Å². The van der Waals surface area contributed by atoms with Crippen molar-refractivity contribution in [2.45, 2.75) is 38.9 Å². The van der Waals surface area contributed by atoms with E-state index in [-0.39, 0.29) is 6.04 Å². The molecule has 1 aromatic rings. The van der Waals surface area contributed by atoms with Crippen LogP contribution in [0.15, 0.2) is 24.3 Å². The highest BCUT2D eigenvalue weighted by Crippen LogP contribution is 2.21. The molecule has 1 unspecified atom stereocenters. The van der Waals surface area contributed by atoms with Crippen molar-refractivity contribution < 1.29 is 13.2 Å². The van der Waals surface area contributed by atoms with Gasteiger partial charge in [-0.25, -0.2) is 0 Å². The van der Waals surface area contributed by atoms with Crippen LogP contribution in [-0.2, 0) is 0 Å². The highest BCUT2D eigenvalue weighted by molar-refractivity contribution is 5.27. The minimum absolute atomic E-state index is 0.103. The summed E-state index contributed by atoms with van der Waals surface area (Å²) in [5.41, 5.74) is 2.25. The second-order valence-electron chi connectivity index (χ2n) is 5.61. The number of rotatable bonds is 7. The van der Waals surface area contributed by atoms with E-state index in [2.05, 4.69) is 19.2 Å². The minimum atomic E-state index is -4.16. The van der Waals surface area contributed by atoms with Crippen LogP contribution >= 0.6 is 0 Å². The maximum Gasteiger partial charge on any atom is 0.401 e. The first-order valence-electron chi connectivity index (χ1n) is 7.33. The summed E-state index contributed by atoms with van der Waals surface area (Å²) in [5.74, 6) is 0.449. The van der Waals surface area contributed by atoms with Gasteiger partial charge in [-0.05, 0) is 30.6 Å². The molecule has 1 rings (SSSR count). The Bertz CT molecular complexity index is 413. The number of benzene rings is 1. The fourth-order valence-corrected chi connectivity index (χ4v) is 2.29. The van der Waals surface area contributed by atoms with Gasteiger partial charge in [0.25, 0.3) is 0 Å². The predicted octanol–water partition coefficient (Wildman–Crippen LogP) is 3.95. The van der Waals surface area contributed by atoms with Crippen LogP contribution in [0.25, 0.3) is 0 Å². The van der Waals surface area contributed by atoms with E-state index in [0.717, 1.165) is 5.56 Å². The second-order valence-corrected chi connectivity index (χ2v) is 5.61. The van der Waals surface area contributed by atoms with Crippen molar-refractivity contribution in [3.8, 4) is 0 Å². The quantitative estimate of drug-likeness (QED) is 0.820.